The van der Waals surface area contributed by atoms with Crippen LogP contribution >= 0.6 is 0 Å². The molecule has 0 heteroatoms. The molecule has 0 saturated heterocycles. The summed E-state index contributed by atoms with van der Waals surface area (Å²) >= 11 is 0. The van der Waals surface area contributed by atoms with Crippen LogP contribution in [-0.2, 0) is 0 Å². The van der Waals surface area contributed by atoms with Gasteiger partial charge in [-0.15, -0.1) is 6.42 Å². The lowest BCUT2D eigenvalue weighted by Gasteiger charge is -1.98. The van der Waals surface area contributed by atoms with Crippen molar-refractivity contribution in [3.05, 3.63) is 96.6 Å². The van der Waals surface area contributed by atoms with Gasteiger partial charge in [0.05, 0.1) is 0 Å². The summed E-state index contributed by atoms with van der Waals surface area (Å²) in [5, 5.41) is 0. The van der Waals surface area contributed by atoms with Crippen LogP contribution in [0.4, 0.5) is 0 Å². The molecule has 0 aliphatic rings. The van der Waals surface area contributed by atoms with Crippen LogP contribution in [0, 0.1) is 12.3 Å². The smallest absolute Gasteiger partial charge is 0.0242 e. The number of hydrogen-bond donors (Lipinski definition) is 0. The van der Waals surface area contributed by atoms with Gasteiger partial charge in [-0.05, 0) is 23.3 Å². The first kappa shape index (κ1) is 13.6. The average molecular weight is 256 g/mol. The minimum atomic E-state index is 0.938. The van der Waals surface area contributed by atoms with Crippen LogP contribution in [0.2, 0.25) is 0 Å². The summed E-state index contributed by atoms with van der Waals surface area (Å²) in [4.78, 5) is 0. The number of hydrogen-bond acceptors (Lipinski definition) is 0. The molecule has 20 heavy (non-hydrogen) atoms. The lowest BCUT2D eigenvalue weighted by Crippen LogP contribution is -1.73. The molecule has 0 amide bonds. The monoisotopic (exact) mass is 256 g/mol. The lowest BCUT2D eigenvalue weighted by atomic mass is 10.1. The van der Waals surface area contributed by atoms with E-state index in [1.807, 2.05) is 42.5 Å². The van der Waals surface area contributed by atoms with Crippen LogP contribution < -0.4 is 0 Å². The molecule has 0 radical (unpaired) electrons. The van der Waals surface area contributed by atoms with Crippen molar-refractivity contribution in [2.24, 2.45) is 0 Å². The Bertz CT molecular complexity index is 609. The van der Waals surface area contributed by atoms with Gasteiger partial charge >= 0.3 is 0 Å². The van der Waals surface area contributed by atoms with Gasteiger partial charge in [0.2, 0.25) is 0 Å². The van der Waals surface area contributed by atoms with Crippen molar-refractivity contribution in [2.45, 2.75) is 0 Å². The molecule has 0 aromatic heterocycles. The van der Waals surface area contributed by atoms with E-state index in [-0.39, 0.29) is 0 Å². The molecule has 0 aliphatic heterocycles. The van der Waals surface area contributed by atoms with E-state index in [2.05, 4.69) is 54.5 Å². The van der Waals surface area contributed by atoms with E-state index in [1.54, 1.807) is 0 Å². The zero-order valence-corrected chi connectivity index (χ0v) is 11.2. The van der Waals surface area contributed by atoms with Crippen LogP contribution in [0.1, 0.15) is 5.56 Å². The highest BCUT2D eigenvalue weighted by atomic mass is 14.0. The fourth-order valence-corrected chi connectivity index (χ4v) is 1.80. The van der Waals surface area contributed by atoms with Crippen molar-refractivity contribution in [3.8, 4) is 23.5 Å². The quantitative estimate of drug-likeness (QED) is 0.536. The number of terminal acetylenes is 1. The molecular weight excluding hydrogens is 240 g/mol. The Kier molecular flexibility index (Phi) is 5.19. The predicted molar refractivity (Wildman–Crippen MR) is 86.3 cm³/mol. The predicted octanol–water partition coefficient (Wildman–Crippen LogP) is 5.02. The van der Waals surface area contributed by atoms with Crippen molar-refractivity contribution in [2.75, 3.05) is 0 Å². The van der Waals surface area contributed by atoms with E-state index in [1.165, 1.54) is 11.1 Å². The van der Waals surface area contributed by atoms with Gasteiger partial charge in [0.1, 0.15) is 0 Å². The van der Waals surface area contributed by atoms with Gasteiger partial charge in [0, 0.05) is 5.56 Å². The Balaban J connectivity index is 0.000000160. The number of rotatable bonds is 1. The fourth-order valence-electron chi connectivity index (χ4n) is 1.80. The second kappa shape index (κ2) is 7.61. The minimum absolute atomic E-state index is 0.938. The van der Waals surface area contributed by atoms with Crippen LogP contribution in [-0.4, -0.2) is 0 Å². The zero-order valence-electron chi connectivity index (χ0n) is 11.2. The molecule has 0 bridgehead atoms. The molecule has 96 valence electrons. The standard InChI is InChI=1S/C12H10.C8H6/c1-3-7-11(8-4-1)12-9-5-2-6-10-12;1-2-8-6-4-3-5-7-8/h1-10H;1,3-7H. The first-order valence-electron chi connectivity index (χ1n) is 6.52. The Hall–Kier alpha value is -2.78. The maximum atomic E-state index is 5.10. The fraction of sp³-hybridized carbons (Fsp3) is 0. The third kappa shape index (κ3) is 4.15. The third-order valence-electron chi connectivity index (χ3n) is 2.82. The normalized spacial score (nSPS) is 8.95. The lowest BCUT2D eigenvalue weighted by molar-refractivity contribution is 1.62. The van der Waals surface area contributed by atoms with Gasteiger partial charge in [-0.25, -0.2) is 0 Å². The highest BCUT2D eigenvalue weighted by molar-refractivity contribution is 5.62. The maximum Gasteiger partial charge on any atom is 0.0242 e. The Morgan fingerprint density at radius 2 is 0.850 bits per heavy atom. The molecule has 0 fully saturated rings. The Labute approximate surface area is 120 Å². The average Bonchev–Trinajstić information content (AvgIpc) is 2.58. The third-order valence-corrected chi connectivity index (χ3v) is 2.82. The highest BCUT2D eigenvalue weighted by Crippen LogP contribution is 2.17. The first-order valence-corrected chi connectivity index (χ1v) is 6.52. The summed E-state index contributed by atoms with van der Waals surface area (Å²) in [5.41, 5.74) is 3.49. The van der Waals surface area contributed by atoms with E-state index >= 15 is 0 Å². The summed E-state index contributed by atoms with van der Waals surface area (Å²) in [6.07, 6.45) is 5.10. The van der Waals surface area contributed by atoms with Gasteiger partial charge in [-0.2, -0.15) is 0 Å². The molecule has 0 nitrogen and oxygen atoms in total. The Morgan fingerprint density at radius 3 is 1.15 bits per heavy atom. The van der Waals surface area contributed by atoms with E-state index < -0.39 is 0 Å². The molecule has 0 saturated carbocycles. The second-order valence-corrected chi connectivity index (χ2v) is 4.24. The number of benzene rings is 3. The van der Waals surface area contributed by atoms with Crippen LogP contribution in [0.15, 0.2) is 91.0 Å². The molecule has 0 atom stereocenters. The van der Waals surface area contributed by atoms with Gasteiger partial charge in [-0.3, -0.25) is 0 Å². The van der Waals surface area contributed by atoms with Crippen LogP contribution in [0.5, 0.6) is 0 Å². The van der Waals surface area contributed by atoms with Crippen molar-refractivity contribution >= 4 is 0 Å². The topological polar surface area (TPSA) is 0 Å². The van der Waals surface area contributed by atoms with E-state index in [4.69, 9.17) is 6.42 Å². The van der Waals surface area contributed by atoms with Crippen molar-refractivity contribution < 1.29 is 0 Å². The summed E-state index contributed by atoms with van der Waals surface area (Å²) in [6, 6.07) is 30.4. The molecule has 0 aliphatic carbocycles. The van der Waals surface area contributed by atoms with Crippen molar-refractivity contribution in [3.63, 3.8) is 0 Å². The van der Waals surface area contributed by atoms with Gasteiger partial charge < -0.3 is 0 Å². The first-order chi connectivity index (χ1) is 9.90. The molecule has 0 N–H and O–H groups in total. The molecule has 0 heterocycles. The molecule has 0 unspecified atom stereocenters. The van der Waals surface area contributed by atoms with E-state index in [0.29, 0.717) is 0 Å². The van der Waals surface area contributed by atoms with Crippen LogP contribution in [0.25, 0.3) is 11.1 Å². The Morgan fingerprint density at radius 1 is 0.500 bits per heavy atom. The van der Waals surface area contributed by atoms with Crippen LogP contribution in [0.3, 0.4) is 0 Å². The summed E-state index contributed by atoms with van der Waals surface area (Å²) in [6.45, 7) is 0. The summed E-state index contributed by atoms with van der Waals surface area (Å²) < 4.78 is 0. The maximum absolute atomic E-state index is 5.10. The molecule has 3 aromatic carbocycles. The summed E-state index contributed by atoms with van der Waals surface area (Å²) in [7, 11) is 0. The minimum Gasteiger partial charge on any atom is -0.115 e. The highest BCUT2D eigenvalue weighted by Gasteiger charge is 1.91. The molecular formula is C20H16. The van der Waals surface area contributed by atoms with Gasteiger partial charge in [0.15, 0.2) is 0 Å². The largest absolute Gasteiger partial charge is 0.115 e. The SMILES string of the molecule is C#Cc1ccccc1.c1ccc(-c2ccccc2)cc1. The molecule has 0 spiro atoms. The second-order valence-electron chi connectivity index (χ2n) is 4.24. The van der Waals surface area contributed by atoms with Gasteiger partial charge in [-0.1, -0.05) is 84.8 Å². The molecule has 3 aromatic rings. The van der Waals surface area contributed by atoms with Crippen molar-refractivity contribution in [1.29, 1.82) is 0 Å². The molecule has 3 rings (SSSR count). The van der Waals surface area contributed by atoms with E-state index in [9.17, 15) is 0 Å². The zero-order chi connectivity index (χ0) is 14.0. The van der Waals surface area contributed by atoms with E-state index in [0.717, 1.165) is 5.56 Å². The van der Waals surface area contributed by atoms with Crippen molar-refractivity contribution in [1.82, 2.24) is 0 Å². The van der Waals surface area contributed by atoms with Gasteiger partial charge in [0.25, 0.3) is 0 Å². The summed E-state index contributed by atoms with van der Waals surface area (Å²) in [5.74, 6) is 2.53.